The number of aromatic nitrogens is 2. The van der Waals surface area contributed by atoms with Gasteiger partial charge in [-0.05, 0) is 31.9 Å². The number of thioether (sulfide) groups is 1. The molecule has 1 aliphatic carbocycles. The topological polar surface area (TPSA) is 52.0 Å². The van der Waals surface area contributed by atoms with E-state index in [1.54, 1.807) is 10.6 Å². The van der Waals surface area contributed by atoms with Crippen molar-refractivity contribution in [1.82, 2.24) is 9.55 Å². The SMILES string of the molecule is CCn1c(SC2CCCCC2=O)nc2ccccc2c1=O. The van der Waals surface area contributed by atoms with Crippen LogP contribution >= 0.6 is 11.8 Å². The van der Waals surface area contributed by atoms with E-state index in [0.717, 1.165) is 19.3 Å². The van der Waals surface area contributed by atoms with Crippen LogP contribution < -0.4 is 5.56 Å². The molecule has 21 heavy (non-hydrogen) atoms. The maximum Gasteiger partial charge on any atom is 0.262 e. The lowest BCUT2D eigenvalue weighted by Crippen LogP contribution is -2.26. The van der Waals surface area contributed by atoms with Crippen LogP contribution in [0.4, 0.5) is 0 Å². The Bertz CT molecular complexity index is 739. The van der Waals surface area contributed by atoms with Gasteiger partial charge in [-0.3, -0.25) is 14.2 Å². The van der Waals surface area contributed by atoms with Crippen molar-refractivity contribution in [3.63, 3.8) is 0 Å². The second kappa shape index (κ2) is 6.02. The summed E-state index contributed by atoms with van der Waals surface area (Å²) >= 11 is 1.46. The number of carbonyl (C=O) groups is 1. The summed E-state index contributed by atoms with van der Waals surface area (Å²) in [5.74, 6) is 0.288. The summed E-state index contributed by atoms with van der Waals surface area (Å²) < 4.78 is 1.68. The molecule has 1 aromatic heterocycles. The van der Waals surface area contributed by atoms with Crippen molar-refractivity contribution in [2.75, 3.05) is 0 Å². The van der Waals surface area contributed by atoms with E-state index < -0.39 is 0 Å². The van der Waals surface area contributed by atoms with Gasteiger partial charge in [0.2, 0.25) is 0 Å². The van der Waals surface area contributed by atoms with Gasteiger partial charge in [-0.1, -0.05) is 30.3 Å². The zero-order valence-electron chi connectivity index (χ0n) is 12.0. The fourth-order valence-corrected chi connectivity index (χ4v) is 4.00. The molecule has 0 saturated heterocycles. The van der Waals surface area contributed by atoms with Crippen LogP contribution in [0, 0.1) is 0 Å². The number of hydrogen-bond acceptors (Lipinski definition) is 4. The molecule has 0 spiro atoms. The predicted octanol–water partition coefficient (Wildman–Crippen LogP) is 3.02. The van der Waals surface area contributed by atoms with Gasteiger partial charge >= 0.3 is 0 Å². The minimum absolute atomic E-state index is 0.0196. The highest BCUT2D eigenvalue weighted by atomic mass is 32.2. The predicted molar refractivity (Wildman–Crippen MR) is 84.8 cm³/mol. The highest BCUT2D eigenvalue weighted by Gasteiger charge is 2.25. The second-order valence-corrected chi connectivity index (χ2v) is 6.45. The maximum absolute atomic E-state index is 12.5. The molecular weight excluding hydrogens is 284 g/mol. The van der Waals surface area contributed by atoms with Crippen molar-refractivity contribution < 1.29 is 4.79 Å². The number of ketones is 1. The lowest BCUT2D eigenvalue weighted by molar-refractivity contribution is -0.119. The van der Waals surface area contributed by atoms with Gasteiger partial charge in [-0.2, -0.15) is 0 Å². The third kappa shape index (κ3) is 2.75. The maximum atomic E-state index is 12.5. The van der Waals surface area contributed by atoms with Crippen LogP contribution in [0.2, 0.25) is 0 Å². The van der Waals surface area contributed by atoms with Gasteiger partial charge in [-0.15, -0.1) is 0 Å². The number of nitrogens with zero attached hydrogens (tertiary/aromatic N) is 2. The Balaban J connectivity index is 2.04. The van der Waals surface area contributed by atoms with Crippen molar-refractivity contribution in [2.24, 2.45) is 0 Å². The molecule has 1 aliphatic rings. The molecule has 3 rings (SSSR count). The molecule has 2 aromatic rings. The third-order valence-corrected chi connectivity index (χ3v) is 5.19. The first kappa shape index (κ1) is 14.3. The molecule has 1 heterocycles. The number of fused-ring (bicyclic) bond motifs is 1. The Labute approximate surface area is 127 Å². The van der Waals surface area contributed by atoms with Crippen molar-refractivity contribution in [2.45, 2.75) is 49.6 Å². The van der Waals surface area contributed by atoms with Gasteiger partial charge in [0, 0.05) is 13.0 Å². The van der Waals surface area contributed by atoms with E-state index in [1.807, 2.05) is 25.1 Å². The van der Waals surface area contributed by atoms with E-state index in [-0.39, 0.29) is 16.6 Å². The van der Waals surface area contributed by atoms with E-state index in [9.17, 15) is 9.59 Å². The first-order chi connectivity index (χ1) is 10.2. The standard InChI is InChI=1S/C16H18N2O2S/c1-2-18-15(20)11-7-3-4-8-12(11)17-16(18)21-14-10-6-5-9-13(14)19/h3-4,7-8,14H,2,5-6,9-10H2,1H3. The zero-order valence-corrected chi connectivity index (χ0v) is 12.9. The van der Waals surface area contributed by atoms with Crippen molar-refractivity contribution in [3.05, 3.63) is 34.6 Å². The number of Topliss-reactive ketones (excluding diaryl/α,β-unsaturated/α-hetero) is 1. The summed E-state index contributed by atoms with van der Waals surface area (Å²) in [5, 5.41) is 1.25. The van der Waals surface area contributed by atoms with Crippen molar-refractivity contribution in [3.8, 4) is 0 Å². The fourth-order valence-electron chi connectivity index (χ4n) is 2.72. The van der Waals surface area contributed by atoms with E-state index >= 15 is 0 Å². The van der Waals surface area contributed by atoms with Crippen molar-refractivity contribution in [1.29, 1.82) is 0 Å². The van der Waals surface area contributed by atoms with Crippen LogP contribution in [0.5, 0.6) is 0 Å². The van der Waals surface area contributed by atoms with Crippen LogP contribution in [0.15, 0.2) is 34.2 Å². The molecule has 1 fully saturated rings. The van der Waals surface area contributed by atoms with Gasteiger partial charge < -0.3 is 0 Å². The smallest absolute Gasteiger partial charge is 0.262 e. The van der Waals surface area contributed by atoms with Gasteiger partial charge in [0.1, 0.15) is 5.78 Å². The number of benzene rings is 1. The monoisotopic (exact) mass is 302 g/mol. The molecule has 5 heteroatoms. The molecule has 1 saturated carbocycles. The van der Waals surface area contributed by atoms with Gasteiger partial charge in [-0.25, -0.2) is 4.98 Å². The summed E-state index contributed by atoms with van der Waals surface area (Å²) in [4.78, 5) is 29.1. The minimum Gasteiger partial charge on any atom is -0.298 e. The lowest BCUT2D eigenvalue weighted by Gasteiger charge is -2.21. The molecule has 4 nitrogen and oxygen atoms in total. The lowest BCUT2D eigenvalue weighted by atomic mass is 9.99. The molecule has 0 N–H and O–H groups in total. The highest BCUT2D eigenvalue weighted by Crippen LogP contribution is 2.30. The third-order valence-electron chi connectivity index (χ3n) is 3.89. The molecule has 110 valence electrons. The van der Waals surface area contributed by atoms with E-state index in [2.05, 4.69) is 4.98 Å². The largest absolute Gasteiger partial charge is 0.298 e. The molecular formula is C16H18N2O2S. The quantitative estimate of drug-likeness (QED) is 0.818. The number of hydrogen-bond donors (Lipinski definition) is 0. The molecule has 0 radical (unpaired) electrons. The minimum atomic E-state index is -0.0513. The van der Waals surface area contributed by atoms with E-state index in [0.29, 0.717) is 29.0 Å². The normalized spacial score (nSPS) is 19.1. The number of rotatable bonds is 3. The molecule has 0 amide bonds. The zero-order chi connectivity index (χ0) is 14.8. The fraction of sp³-hybridized carbons (Fsp3) is 0.438. The van der Waals surface area contributed by atoms with Crippen LogP contribution in [-0.4, -0.2) is 20.6 Å². The molecule has 0 aliphatic heterocycles. The average Bonchev–Trinajstić information content (AvgIpc) is 2.50. The second-order valence-electron chi connectivity index (χ2n) is 5.28. The van der Waals surface area contributed by atoms with Gasteiger partial charge in [0.25, 0.3) is 5.56 Å². The van der Waals surface area contributed by atoms with Crippen LogP contribution in [0.3, 0.4) is 0 Å². The Morgan fingerprint density at radius 2 is 2.10 bits per heavy atom. The summed E-state index contributed by atoms with van der Waals surface area (Å²) in [6, 6.07) is 7.38. The van der Waals surface area contributed by atoms with E-state index in [1.165, 1.54) is 11.8 Å². The summed E-state index contributed by atoms with van der Waals surface area (Å²) in [7, 11) is 0. The van der Waals surface area contributed by atoms with Crippen LogP contribution in [0.1, 0.15) is 32.6 Å². The number of carbonyl (C=O) groups excluding carboxylic acids is 1. The molecule has 1 unspecified atom stereocenters. The van der Waals surface area contributed by atoms with Crippen LogP contribution in [0.25, 0.3) is 10.9 Å². The molecule has 1 aromatic carbocycles. The first-order valence-corrected chi connectivity index (χ1v) is 8.27. The Morgan fingerprint density at radius 3 is 2.86 bits per heavy atom. The Hall–Kier alpha value is -1.62. The summed E-state index contributed by atoms with van der Waals surface area (Å²) in [6.45, 7) is 2.50. The average molecular weight is 302 g/mol. The first-order valence-electron chi connectivity index (χ1n) is 7.39. The highest BCUT2D eigenvalue weighted by molar-refractivity contribution is 8.00. The number of para-hydroxylation sites is 1. The molecule has 0 bridgehead atoms. The van der Waals surface area contributed by atoms with Crippen LogP contribution in [-0.2, 0) is 11.3 Å². The Kier molecular flexibility index (Phi) is 4.10. The Morgan fingerprint density at radius 1 is 1.29 bits per heavy atom. The van der Waals surface area contributed by atoms with Gasteiger partial charge in [0.15, 0.2) is 5.16 Å². The molecule has 1 atom stereocenters. The van der Waals surface area contributed by atoms with Crippen molar-refractivity contribution >= 4 is 28.4 Å². The van der Waals surface area contributed by atoms with Gasteiger partial charge in [0.05, 0.1) is 16.2 Å². The summed E-state index contributed by atoms with van der Waals surface area (Å²) in [5.41, 5.74) is 0.687. The van der Waals surface area contributed by atoms with E-state index in [4.69, 9.17) is 0 Å². The summed E-state index contributed by atoms with van der Waals surface area (Å²) in [6.07, 6.45) is 3.60.